The summed E-state index contributed by atoms with van der Waals surface area (Å²) in [5, 5.41) is 7.50. The monoisotopic (exact) mass is 466 g/mol. The maximum Gasteiger partial charge on any atom is 0.258 e. The normalized spacial score (nSPS) is 15.9. The molecule has 2 amide bonds. The van der Waals surface area contributed by atoms with Crippen LogP contribution in [0.3, 0.4) is 0 Å². The highest BCUT2D eigenvalue weighted by atomic mass is 32.2. The Hall–Kier alpha value is -3.40. The van der Waals surface area contributed by atoms with Crippen molar-refractivity contribution < 1.29 is 14.1 Å². The molecule has 4 rings (SSSR count). The van der Waals surface area contributed by atoms with E-state index in [0.29, 0.717) is 28.6 Å². The third-order valence-corrected chi connectivity index (χ3v) is 6.74. The van der Waals surface area contributed by atoms with Crippen LogP contribution in [0.1, 0.15) is 40.2 Å². The third-order valence-electron chi connectivity index (χ3n) is 5.70. The van der Waals surface area contributed by atoms with Crippen LogP contribution in [0.25, 0.3) is 0 Å². The van der Waals surface area contributed by atoms with Crippen LogP contribution in [0.5, 0.6) is 0 Å². The van der Waals surface area contributed by atoms with Gasteiger partial charge >= 0.3 is 0 Å². The highest BCUT2D eigenvalue weighted by Gasteiger charge is 2.24. The lowest BCUT2D eigenvalue weighted by Crippen LogP contribution is -2.41. The summed E-state index contributed by atoms with van der Waals surface area (Å²) in [4.78, 5) is 35.4. The van der Waals surface area contributed by atoms with Crippen LogP contribution in [0.2, 0.25) is 0 Å². The zero-order valence-electron chi connectivity index (χ0n) is 18.6. The van der Waals surface area contributed by atoms with Gasteiger partial charge in [-0.1, -0.05) is 5.16 Å². The molecule has 1 atom stereocenters. The Morgan fingerprint density at radius 2 is 2.12 bits per heavy atom. The van der Waals surface area contributed by atoms with Gasteiger partial charge < -0.3 is 20.5 Å². The van der Waals surface area contributed by atoms with Crippen LogP contribution in [0.15, 0.2) is 46.2 Å². The predicted molar refractivity (Wildman–Crippen MR) is 126 cm³/mol. The number of primary amides is 1. The largest absolute Gasteiger partial charge is 0.369 e. The fraction of sp³-hybridized carbons (Fsp3) is 0.348. The maximum absolute atomic E-state index is 12.9. The lowest BCUT2D eigenvalue weighted by atomic mass is 9.97. The van der Waals surface area contributed by atoms with Crippen molar-refractivity contribution in [3.63, 3.8) is 0 Å². The second-order valence-corrected chi connectivity index (χ2v) is 8.96. The molecule has 0 aliphatic carbocycles. The Labute approximate surface area is 196 Å². The number of rotatable bonds is 7. The number of pyridine rings is 2. The van der Waals surface area contributed by atoms with Gasteiger partial charge in [-0.2, -0.15) is 0 Å². The number of nitrogens with two attached hydrogens (primary N) is 1. The predicted octanol–water partition coefficient (Wildman–Crippen LogP) is 3.33. The summed E-state index contributed by atoms with van der Waals surface area (Å²) in [5.41, 5.74) is 8.38. The first-order valence-electron chi connectivity index (χ1n) is 10.7. The van der Waals surface area contributed by atoms with Gasteiger partial charge in [-0.25, -0.2) is 9.97 Å². The molecular formula is C23H26N6O3S. The van der Waals surface area contributed by atoms with E-state index in [1.807, 2.05) is 19.9 Å². The zero-order valence-corrected chi connectivity index (χ0v) is 19.4. The SMILES string of the molecule is Cc1noc(C)c1CSc1ncccc1C(=O)Nc1ccc(N2CCCC(C(N)=O)C2)nc1. The van der Waals surface area contributed by atoms with Crippen LogP contribution in [0.4, 0.5) is 11.5 Å². The fourth-order valence-electron chi connectivity index (χ4n) is 3.79. The molecule has 1 aliphatic rings. The Morgan fingerprint density at radius 1 is 1.27 bits per heavy atom. The number of nitrogens with one attached hydrogen (secondary N) is 1. The summed E-state index contributed by atoms with van der Waals surface area (Å²) < 4.78 is 5.22. The second-order valence-electron chi connectivity index (χ2n) is 7.99. The minimum Gasteiger partial charge on any atom is -0.369 e. The van der Waals surface area contributed by atoms with Crippen molar-refractivity contribution >= 4 is 35.1 Å². The molecule has 0 aromatic carbocycles. The molecule has 0 spiro atoms. The average molecular weight is 467 g/mol. The summed E-state index contributed by atoms with van der Waals surface area (Å²) >= 11 is 1.46. The Balaban J connectivity index is 1.42. The first-order chi connectivity index (χ1) is 15.9. The van der Waals surface area contributed by atoms with Gasteiger partial charge in [0.25, 0.3) is 5.91 Å². The quantitative estimate of drug-likeness (QED) is 0.508. The molecule has 10 heteroatoms. The van der Waals surface area contributed by atoms with Crippen LogP contribution in [-0.4, -0.2) is 40.0 Å². The van der Waals surface area contributed by atoms with Gasteiger partial charge in [-0.3, -0.25) is 9.59 Å². The maximum atomic E-state index is 12.9. The van der Waals surface area contributed by atoms with Gasteiger partial charge in [0.2, 0.25) is 5.91 Å². The Kier molecular flexibility index (Phi) is 6.93. The lowest BCUT2D eigenvalue weighted by Gasteiger charge is -2.32. The second kappa shape index (κ2) is 10.0. The summed E-state index contributed by atoms with van der Waals surface area (Å²) in [7, 11) is 0. The number of anilines is 2. The van der Waals surface area contributed by atoms with E-state index in [-0.39, 0.29) is 17.7 Å². The number of hydrogen-bond acceptors (Lipinski definition) is 8. The Bertz CT molecular complexity index is 1130. The van der Waals surface area contributed by atoms with Crippen LogP contribution >= 0.6 is 11.8 Å². The van der Waals surface area contributed by atoms with Gasteiger partial charge in [0, 0.05) is 30.6 Å². The third kappa shape index (κ3) is 5.33. The summed E-state index contributed by atoms with van der Waals surface area (Å²) in [6.07, 6.45) is 4.99. The number of carbonyl (C=O) groups excluding carboxylic acids is 2. The first kappa shape index (κ1) is 22.8. The molecule has 3 aromatic rings. The van der Waals surface area contributed by atoms with Crippen molar-refractivity contribution in [2.24, 2.45) is 11.7 Å². The average Bonchev–Trinajstić information content (AvgIpc) is 3.15. The fourth-order valence-corrected chi connectivity index (χ4v) is 4.93. The van der Waals surface area contributed by atoms with Gasteiger partial charge in [-0.15, -0.1) is 11.8 Å². The number of thioether (sulfide) groups is 1. The van der Waals surface area contributed by atoms with Gasteiger partial charge in [0.1, 0.15) is 16.6 Å². The lowest BCUT2D eigenvalue weighted by molar-refractivity contribution is -0.122. The topological polar surface area (TPSA) is 127 Å². The summed E-state index contributed by atoms with van der Waals surface area (Å²) in [6, 6.07) is 7.13. The van der Waals surface area contributed by atoms with E-state index < -0.39 is 0 Å². The van der Waals surface area contributed by atoms with E-state index in [9.17, 15) is 9.59 Å². The molecule has 0 radical (unpaired) electrons. The molecule has 4 heterocycles. The van der Waals surface area contributed by atoms with Crippen molar-refractivity contribution in [2.45, 2.75) is 37.5 Å². The van der Waals surface area contributed by atoms with Crippen molar-refractivity contribution in [3.8, 4) is 0 Å². The van der Waals surface area contributed by atoms with E-state index in [1.54, 1.807) is 30.6 Å². The van der Waals surface area contributed by atoms with Crippen LogP contribution < -0.4 is 16.0 Å². The number of aryl methyl sites for hydroxylation is 2. The zero-order chi connectivity index (χ0) is 23.4. The molecule has 3 N–H and O–H groups in total. The van der Waals surface area contributed by atoms with Crippen molar-refractivity contribution in [3.05, 3.63) is 59.2 Å². The number of amides is 2. The van der Waals surface area contributed by atoms with Gasteiger partial charge in [-0.05, 0) is 51.0 Å². The number of aromatic nitrogens is 3. The van der Waals surface area contributed by atoms with Gasteiger partial charge in [0.05, 0.1) is 29.1 Å². The molecular weight excluding hydrogens is 440 g/mol. The van der Waals surface area contributed by atoms with Crippen LogP contribution in [0, 0.1) is 19.8 Å². The van der Waals surface area contributed by atoms with E-state index >= 15 is 0 Å². The molecule has 1 unspecified atom stereocenters. The molecule has 172 valence electrons. The molecule has 33 heavy (non-hydrogen) atoms. The smallest absolute Gasteiger partial charge is 0.258 e. The van der Waals surface area contributed by atoms with E-state index in [4.69, 9.17) is 10.3 Å². The molecule has 1 aliphatic heterocycles. The minimum absolute atomic E-state index is 0.160. The van der Waals surface area contributed by atoms with Crippen molar-refractivity contribution in [2.75, 3.05) is 23.3 Å². The van der Waals surface area contributed by atoms with E-state index in [1.165, 1.54) is 11.8 Å². The van der Waals surface area contributed by atoms with Crippen molar-refractivity contribution in [1.29, 1.82) is 0 Å². The molecule has 1 saturated heterocycles. The minimum atomic E-state index is -0.275. The van der Waals surface area contributed by atoms with Crippen molar-refractivity contribution in [1.82, 2.24) is 15.1 Å². The van der Waals surface area contributed by atoms with Crippen LogP contribution in [-0.2, 0) is 10.5 Å². The highest BCUT2D eigenvalue weighted by Crippen LogP contribution is 2.28. The van der Waals surface area contributed by atoms with Gasteiger partial charge in [0.15, 0.2) is 0 Å². The molecule has 0 saturated carbocycles. The number of hydrogen-bond donors (Lipinski definition) is 2. The Morgan fingerprint density at radius 3 is 2.82 bits per heavy atom. The number of nitrogens with zero attached hydrogens (tertiary/aromatic N) is 4. The molecule has 1 fully saturated rings. The molecule has 3 aromatic heterocycles. The molecule has 9 nitrogen and oxygen atoms in total. The summed E-state index contributed by atoms with van der Waals surface area (Å²) in [6.45, 7) is 5.16. The van der Waals surface area contributed by atoms with E-state index in [0.717, 1.165) is 42.2 Å². The number of piperidine rings is 1. The summed E-state index contributed by atoms with van der Waals surface area (Å²) in [5.74, 6) is 1.44. The number of carbonyl (C=O) groups is 2. The molecule has 0 bridgehead atoms. The standard InChI is InChI=1S/C23H26N6O3S/c1-14-19(15(2)32-28-14)13-33-23-18(6-3-9-25-23)22(31)27-17-7-8-20(26-11-17)29-10-4-5-16(12-29)21(24)30/h3,6-9,11,16H,4-5,10,12-13H2,1-2H3,(H2,24,30)(H,27,31). The van der Waals surface area contributed by atoms with E-state index in [2.05, 4.69) is 25.3 Å². The highest BCUT2D eigenvalue weighted by molar-refractivity contribution is 7.98. The first-order valence-corrected chi connectivity index (χ1v) is 11.7.